The van der Waals surface area contributed by atoms with Crippen molar-refractivity contribution in [2.24, 2.45) is 0 Å². The van der Waals surface area contributed by atoms with Crippen molar-refractivity contribution in [1.29, 1.82) is 0 Å². The normalized spacial score (nSPS) is 13.6. The first-order chi connectivity index (χ1) is 44.6. The Hall–Kier alpha value is -5.09. The minimum atomic E-state index is -1.63. The quantitative estimate of drug-likeness (QED) is 0.0195. The van der Waals surface area contributed by atoms with Gasteiger partial charge >= 0.3 is 11.9 Å². The summed E-state index contributed by atoms with van der Waals surface area (Å²) in [5.74, 6) is -2.29. The molecule has 0 saturated heterocycles. The van der Waals surface area contributed by atoms with Gasteiger partial charge in [0.2, 0.25) is 0 Å². The number of hydrogen-bond donors (Lipinski definition) is 0. The van der Waals surface area contributed by atoms with Gasteiger partial charge in [-0.15, -0.1) is 0 Å². The molecule has 2 atom stereocenters. The van der Waals surface area contributed by atoms with Gasteiger partial charge in [0.25, 0.3) is 0 Å². The van der Waals surface area contributed by atoms with E-state index in [9.17, 15) is 19.5 Å². The molecular formula is C82H135NO8. The van der Waals surface area contributed by atoms with Gasteiger partial charge in [-0.3, -0.25) is 9.59 Å². The second-order valence-electron chi connectivity index (χ2n) is 25.1. The molecule has 91 heavy (non-hydrogen) atoms. The van der Waals surface area contributed by atoms with Crippen LogP contribution >= 0.6 is 0 Å². The monoisotopic (exact) mass is 1260 g/mol. The molecule has 0 N–H and O–H groups in total. The number of likely N-dealkylation sites (N-methyl/N-ethyl adjacent to an activating group) is 1. The number of esters is 2. The molecule has 0 saturated carbocycles. The third-order valence-electron chi connectivity index (χ3n) is 15.3. The summed E-state index contributed by atoms with van der Waals surface area (Å²) < 4.78 is 22.8. The standard InChI is InChI=1S/C82H135NO8/c1-6-8-10-12-14-16-18-20-22-24-26-28-30-32-34-36-38-39-40-41-43-45-47-49-51-53-55-57-59-61-63-65-67-69-71-73-80(85)91-78(77-90-82(81(86)87)88-75-74-83(3,4)5)76-89-79(84)72-70-68-66-64-62-60-58-56-54-52-50-48-46-44-42-37-35-33-31-29-27-25-23-21-19-17-15-13-11-9-7-2/h8-11,14-17,20-23,26-29,32-35,38-39,41-44,78,82H,6-7,12-13,18-19,24-25,30-31,36-37,40,45-77H2,1-5H3/b10-8-,11-9-,16-14-,17-15-,22-20-,23-21-,28-26-,29-27-,34-32-,35-33-,39-38-,43-41-,44-42-. The van der Waals surface area contributed by atoms with Crippen LogP contribution in [-0.4, -0.2) is 82.3 Å². The number of hydrogen-bond acceptors (Lipinski definition) is 8. The molecule has 0 fully saturated rings. The summed E-state index contributed by atoms with van der Waals surface area (Å²) in [5.41, 5.74) is 0. The van der Waals surface area contributed by atoms with E-state index in [0.717, 1.165) is 122 Å². The third-order valence-corrected chi connectivity index (χ3v) is 15.3. The van der Waals surface area contributed by atoms with Crippen LogP contribution in [-0.2, 0) is 33.3 Å². The zero-order valence-corrected chi connectivity index (χ0v) is 58.9. The molecule has 0 radical (unpaired) electrons. The summed E-state index contributed by atoms with van der Waals surface area (Å²) in [6, 6.07) is 0. The Labute approximate surface area is 559 Å². The number of aliphatic carboxylic acids is 1. The minimum Gasteiger partial charge on any atom is -0.545 e. The zero-order chi connectivity index (χ0) is 66.1. The summed E-state index contributed by atoms with van der Waals surface area (Å²) >= 11 is 0. The lowest BCUT2D eigenvalue weighted by Gasteiger charge is -2.26. The summed E-state index contributed by atoms with van der Waals surface area (Å²) in [7, 11) is 5.93. The molecular weight excluding hydrogens is 1130 g/mol. The van der Waals surface area contributed by atoms with E-state index < -0.39 is 24.3 Å². The molecule has 0 amide bonds. The van der Waals surface area contributed by atoms with E-state index in [1.54, 1.807) is 0 Å². The van der Waals surface area contributed by atoms with Crippen molar-refractivity contribution >= 4 is 17.9 Å². The van der Waals surface area contributed by atoms with E-state index in [0.29, 0.717) is 17.4 Å². The fourth-order valence-corrected chi connectivity index (χ4v) is 9.76. The van der Waals surface area contributed by atoms with Gasteiger partial charge in [-0.25, -0.2) is 0 Å². The average Bonchev–Trinajstić information content (AvgIpc) is 3.46. The lowest BCUT2D eigenvalue weighted by molar-refractivity contribution is -0.870. The van der Waals surface area contributed by atoms with E-state index in [-0.39, 0.29) is 38.6 Å². The van der Waals surface area contributed by atoms with Crippen molar-refractivity contribution in [3.63, 3.8) is 0 Å². The number of rotatable bonds is 66. The highest BCUT2D eigenvalue weighted by molar-refractivity contribution is 5.70. The SMILES string of the molecule is CC/C=C\C/C=C\C/C=C\C/C=C\C/C=C\C/C=C\C/C=C\CCCCCCCCCCCCCCCC(=O)OC(COC(=O)CCCCCCCCCCCCCC/C=C\C/C=C\C/C=C\C/C=C\C/C=C\C/C=C\CC)COC(OCC[N+](C)(C)C)C(=O)[O-]. The highest BCUT2D eigenvalue weighted by Gasteiger charge is 2.22. The van der Waals surface area contributed by atoms with Gasteiger partial charge in [0, 0.05) is 12.8 Å². The number of carboxylic acid groups (broad SMARTS) is 1. The smallest absolute Gasteiger partial charge is 0.306 e. The van der Waals surface area contributed by atoms with Crippen molar-refractivity contribution < 1.29 is 42.9 Å². The van der Waals surface area contributed by atoms with Crippen LogP contribution in [0.25, 0.3) is 0 Å². The first kappa shape index (κ1) is 85.9. The topological polar surface area (TPSA) is 111 Å². The van der Waals surface area contributed by atoms with Gasteiger partial charge in [-0.1, -0.05) is 307 Å². The predicted molar refractivity (Wildman–Crippen MR) is 389 cm³/mol. The highest BCUT2D eigenvalue weighted by atomic mass is 16.7. The highest BCUT2D eigenvalue weighted by Crippen LogP contribution is 2.17. The molecule has 0 aromatic carbocycles. The van der Waals surface area contributed by atoms with Crippen molar-refractivity contribution in [3.8, 4) is 0 Å². The maximum atomic E-state index is 13.0. The first-order valence-electron chi connectivity index (χ1n) is 36.6. The van der Waals surface area contributed by atoms with Crippen molar-refractivity contribution in [3.05, 3.63) is 158 Å². The van der Waals surface area contributed by atoms with Gasteiger partial charge in [0.05, 0.1) is 40.3 Å². The molecule has 516 valence electrons. The predicted octanol–water partition coefficient (Wildman–Crippen LogP) is 21.9. The Bertz CT molecular complexity index is 2060. The molecule has 0 aromatic rings. The van der Waals surface area contributed by atoms with Gasteiger partial charge < -0.3 is 33.3 Å². The van der Waals surface area contributed by atoms with E-state index in [1.807, 2.05) is 21.1 Å². The van der Waals surface area contributed by atoms with Gasteiger partial charge in [-0.05, 0) is 122 Å². The Morgan fingerprint density at radius 1 is 0.330 bits per heavy atom. The van der Waals surface area contributed by atoms with Crippen LogP contribution in [0.3, 0.4) is 0 Å². The van der Waals surface area contributed by atoms with Crippen molar-refractivity contribution in [2.45, 2.75) is 296 Å². The van der Waals surface area contributed by atoms with Crippen LogP contribution in [0.4, 0.5) is 0 Å². The second-order valence-corrected chi connectivity index (χ2v) is 25.1. The van der Waals surface area contributed by atoms with Gasteiger partial charge in [-0.2, -0.15) is 0 Å². The number of carbonyl (C=O) groups excluding carboxylic acids is 3. The van der Waals surface area contributed by atoms with Crippen LogP contribution in [0.2, 0.25) is 0 Å². The number of carboxylic acids is 1. The molecule has 9 heteroatoms. The Morgan fingerprint density at radius 2 is 0.593 bits per heavy atom. The van der Waals surface area contributed by atoms with Crippen LogP contribution in [0.1, 0.15) is 284 Å². The largest absolute Gasteiger partial charge is 0.545 e. The van der Waals surface area contributed by atoms with E-state index >= 15 is 0 Å². The number of carbonyl (C=O) groups is 3. The lowest BCUT2D eigenvalue weighted by atomic mass is 10.0. The van der Waals surface area contributed by atoms with Crippen molar-refractivity contribution in [1.82, 2.24) is 0 Å². The van der Waals surface area contributed by atoms with E-state index in [4.69, 9.17) is 18.9 Å². The fourth-order valence-electron chi connectivity index (χ4n) is 9.76. The Kier molecular flexibility index (Phi) is 66.8. The summed E-state index contributed by atoms with van der Waals surface area (Å²) in [6.45, 7) is 4.52. The summed E-state index contributed by atoms with van der Waals surface area (Å²) in [4.78, 5) is 37.6. The molecule has 0 aliphatic rings. The minimum absolute atomic E-state index is 0.141. The number of nitrogens with zero attached hydrogens (tertiary/aromatic N) is 1. The molecule has 0 aliphatic carbocycles. The Balaban J connectivity index is 4.14. The molecule has 0 heterocycles. The average molecular weight is 1260 g/mol. The number of quaternary nitrogens is 1. The maximum absolute atomic E-state index is 13.0. The molecule has 0 rings (SSSR count). The second kappa shape index (κ2) is 70.8. The third kappa shape index (κ3) is 72.2. The molecule has 0 aromatic heterocycles. The molecule has 0 bridgehead atoms. The zero-order valence-electron chi connectivity index (χ0n) is 58.9. The fraction of sp³-hybridized carbons (Fsp3) is 0.646. The molecule has 0 spiro atoms. The summed E-state index contributed by atoms with van der Waals surface area (Å²) in [6.07, 6.45) is 102. The van der Waals surface area contributed by atoms with E-state index in [1.165, 1.54) is 128 Å². The van der Waals surface area contributed by atoms with Crippen LogP contribution in [0.15, 0.2) is 158 Å². The molecule has 9 nitrogen and oxygen atoms in total. The summed E-state index contributed by atoms with van der Waals surface area (Å²) in [5, 5.41) is 11.8. The maximum Gasteiger partial charge on any atom is 0.306 e. The van der Waals surface area contributed by atoms with Crippen LogP contribution in [0.5, 0.6) is 0 Å². The number of unbranched alkanes of at least 4 members (excludes halogenated alkanes) is 25. The Morgan fingerprint density at radius 3 is 0.879 bits per heavy atom. The first-order valence-corrected chi connectivity index (χ1v) is 36.6. The molecule has 2 unspecified atom stereocenters. The number of ether oxygens (including phenoxy) is 4. The van der Waals surface area contributed by atoms with Crippen LogP contribution < -0.4 is 5.11 Å². The van der Waals surface area contributed by atoms with Gasteiger partial charge in [0.1, 0.15) is 13.2 Å². The molecule has 0 aliphatic heterocycles. The van der Waals surface area contributed by atoms with Crippen LogP contribution in [0, 0.1) is 0 Å². The lowest BCUT2D eigenvalue weighted by Crippen LogP contribution is -2.44. The number of allylic oxidation sites excluding steroid dienone is 26. The van der Waals surface area contributed by atoms with Gasteiger partial charge in [0.15, 0.2) is 12.4 Å². The van der Waals surface area contributed by atoms with Crippen molar-refractivity contribution in [2.75, 3.05) is 47.5 Å². The van der Waals surface area contributed by atoms with E-state index in [2.05, 4.69) is 172 Å².